The second kappa shape index (κ2) is 13.1. The van der Waals surface area contributed by atoms with Gasteiger partial charge in [-0.15, -0.1) is 0 Å². The first-order chi connectivity index (χ1) is 23.3. The Hall–Kier alpha value is -5.59. The van der Waals surface area contributed by atoms with Crippen LogP contribution in [-0.4, -0.2) is 40.7 Å². The average Bonchev–Trinajstić information content (AvgIpc) is 3.49. The molecular formula is C36H28F6N4O3. The smallest absolute Gasteiger partial charge is 0.416 e. The molecule has 0 atom stereocenters. The molecule has 0 unspecified atom stereocenters. The Bertz CT molecular complexity index is 2040. The van der Waals surface area contributed by atoms with Crippen LogP contribution in [0.1, 0.15) is 40.1 Å². The van der Waals surface area contributed by atoms with Crippen LogP contribution in [0.5, 0.6) is 0 Å². The third-order valence-corrected chi connectivity index (χ3v) is 8.17. The van der Waals surface area contributed by atoms with Crippen LogP contribution in [0, 0.1) is 5.82 Å². The molecule has 2 amide bonds. The molecule has 0 aliphatic carbocycles. The van der Waals surface area contributed by atoms with Gasteiger partial charge in [0.05, 0.1) is 12.1 Å². The first-order valence-electron chi connectivity index (χ1n) is 15.1. The molecule has 1 aliphatic heterocycles. The van der Waals surface area contributed by atoms with E-state index in [2.05, 4.69) is 10.3 Å². The number of aromatic nitrogens is 1. The van der Waals surface area contributed by atoms with E-state index in [0.29, 0.717) is 44.8 Å². The highest BCUT2D eigenvalue weighted by Crippen LogP contribution is 2.38. The molecule has 3 N–H and O–H groups in total. The topological polar surface area (TPSA) is 101 Å². The number of nitrogens with one attached hydrogen (secondary N) is 1. The zero-order chi connectivity index (χ0) is 34.9. The minimum atomic E-state index is -4.55. The number of benzene rings is 3. The summed E-state index contributed by atoms with van der Waals surface area (Å²) in [6.45, 7) is -0.336. The van der Waals surface area contributed by atoms with Crippen LogP contribution in [-0.2, 0) is 17.5 Å². The van der Waals surface area contributed by atoms with Crippen LogP contribution < -0.4 is 11.1 Å². The molecule has 1 fully saturated rings. The van der Waals surface area contributed by atoms with Gasteiger partial charge in [-0.3, -0.25) is 9.59 Å². The number of furan rings is 1. The van der Waals surface area contributed by atoms with Gasteiger partial charge in [-0.05, 0) is 77.4 Å². The fourth-order valence-electron chi connectivity index (χ4n) is 5.52. The van der Waals surface area contributed by atoms with Gasteiger partial charge < -0.3 is 20.4 Å². The zero-order valence-corrected chi connectivity index (χ0v) is 25.7. The van der Waals surface area contributed by atoms with E-state index in [1.165, 1.54) is 41.4 Å². The fourth-order valence-corrected chi connectivity index (χ4v) is 5.52. The summed E-state index contributed by atoms with van der Waals surface area (Å²) in [5.74, 6) is -3.94. The number of nitrogens with zero attached hydrogens (tertiary/aromatic N) is 2. The largest absolute Gasteiger partial charge is 0.459 e. The number of carbonyl (C=O) groups excluding carboxylic acids is 2. The molecule has 7 nitrogen and oxygen atoms in total. The number of alkyl halides is 5. The lowest BCUT2D eigenvalue weighted by Gasteiger charge is -2.31. The Kier molecular flexibility index (Phi) is 8.93. The Balaban J connectivity index is 1.30. The molecule has 0 saturated carbocycles. The summed E-state index contributed by atoms with van der Waals surface area (Å²) in [4.78, 5) is 30.6. The van der Waals surface area contributed by atoms with Crippen molar-refractivity contribution < 1.29 is 40.3 Å². The average molecular weight is 679 g/mol. The minimum absolute atomic E-state index is 0.00134. The van der Waals surface area contributed by atoms with Crippen LogP contribution in [0.15, 0.2) is 89.5 Å². The predicted octanol–water partition coefficient (Wildman–Crippen LogP) is 8.10. The van der Waals surface area contributed by atoms with E-state index in [1.54, 1.807) is 36.4 Å². The van der Waals surface area contributed by atoms with Crippen molar-refractivity contribution in [3.05, 3.63) is 113 Å². The predicted molar refractivity (Wildman–Crippen MR) is 172 cm³/mol. The van der Waals surface area contributed by atoms with Gasteiger partial charge in [0, 0.05) is 60.3 Å². The monoisotopic (exact) mass is 678 g/mol. The normalized spacial score (nSPS) is 14.8. The molecule has 0 bridgehead atoms. The lowest BCUT2D eigenvalue weighted by molar-refractivity contribution is -0.137. The number of hydrogen-bond donors (Lipinski definition) is 2. The summed E-state index contributed by atoms with van der Waals surface area (Å²) >= 11 is 0. The first kappa shape index (κ1) is 33.3. The van der Waals surface area contributed by atoms with Crippen LogP contribution in [0.4, 0.5) is 32.2 Å². The quantitative estimate of drug-likeness (QED) is 0.134. The Morgan fingerprint density at radius 1 is 0.939 bits per heavy atom. The number of rotatable bonds is 7. The van der Waals surface area contributed by atoms with Gasteiger partial charge in [0.1, 0.15) is 23.0 Å². The molecule has 1 aliphatic rings. The van der Waals surface area contributed by atoms with Crippen molar-refractivity contribution in [1.82, 2.24) is 15.2 Å². The van der Waals surface area contributed by atoms with E-state index in [1.807, 2.05) is 0 Å². The number of halogens is 6. The lowest BCUT2D eigenvalue weighted by Crippen LogP contribution is -2.42. The molecule has 252 valence electrons. The standard InChI is InChI=1S/C36H28F6N4O3/c37-30-18-23(34(48)46-13-11-35(38,39)12-14-46)5-8-28(30)24-15-25-16-27(20-45-32(47)10-2-21-1-9-31(43)44-19-21)49-33(25)29(17-24)22-3-6-26(7-4-22)36(40,41)42/h1-10,15-19H,11-14,20H2,(H2,43,44)(H,45,47). The maximum Gasteiger partial charge on any atom is 0.416 e. The fraction of sp³-hybridized carbons (Fsp3) is 0.194. The highest BCUT2D eigenvalue weighted by molar-refractivity contribution is 5.98. The van der Waals surface area contributed by atoms with E-state index >= 15 is 4.39 Å². The molecule has 5 aromatic rings. The second-order valence-electron chi connectivity index (χ2n) is 11.6. The van der Waals surface area contributed by atoms with Crippen molar-refractivity contribution >= 4 is 34.7 Å². The first-order valence-corrected chi connectivity index (χ1v) is 15.1. The number of likely N-dealkylation sites (tertiary alicyclic amines) is 1. The molecule has 0 spiro atoms. The third-order valence-electron chi connectivity index (χ3n) is 8.17. The van der Waals surface area contributed by atoms with E-state index < -0.39 is 48.1 Å². The van der Waals surface area contributed by atoms with E-state index in [4.69, 9.17) is 10.2 Å². The van der Waals surface area contributed by atoms with Gasteiger partial charge in [-0.1, -0.05) is 18.2 Å². The van der Waals surface area contributed by atoms with Gasteiger partial charge in [0.25, 0.3) is 11.8 Å². The van der Waals surface area contributed by atoms with Gasteiger partial charge in [0.15, 0.2) is 0 Å². The summed E-state index contributed by atoms with van der Waals surface area (Å²) < 4.78 is 88.8. The molecule has 1 saturated heterocycles. The van der Waals surface area contributed by atoms with Crippen LogP contribution in [0.25, 0.3) is 39.3 Å². The van der Waals surface area contributed by atoms with Crippen molar-refractivity contribution in [3.8, 4) is 22.3 Å². The molecule has 49 heavy (non-hydrogen) atoms. The molecule has 13 heteroatoms. The number of pyridine rings is 1. The molecule has 3 aromatic carbocycles. The van der Waals surface area contributed by atoms with Crippen molar-refractivity contribution in [3.63, 3.8) is 0 Å². The van der Waals surface area contributed by atoms with Crippen LogP contribution >= 0.6 is 0 Å². The maximum absolute atomic E-state index is 15.6. The molecule has 3 heterocycles. The molecule has 2 aromatic heterocycles. The van der Waals surface area contributed by atoms with Gasteiger partial charge in [-0.2, -0.15) is 13.2 Å². The van der Waals surface area contributed by atoms with Crippen molar-refractivity contribution in [1.29, 1.82) is 0 Å². The lowest BCUT2D eigenvalue weighted by atomic mass is 9.95. The Morgan fingerprint density at radius 2 is 1.67 bits per heavy atom. The summed E-state index contributed by atoms with van der Waals surface area (Å²) in [5, 5.41) is 3.18. The van der Waals surface area contributed by atoms with Crippen LogP contribution in [0.3, 0.4) is 0 Å². The van der Waals surface area contributed by atoms with Gasteiger partial charge in [-0.25, -0.2) is 18.2 Å². The minimum Gasteiger partial charge on any atom is -0.459 e. The van der Waals surface area contributed by atoms with Gasteiger partial charge in [0.2, 0.25) is 5.91 Å². The maximum atomic E-state index is 15.6. The number of fused-ring (bicyclic) bond motifs is 1. The Labute approximate surface area is 276 Å². The second-order valence-corrected chi connectivity index (χ2v) is 11.6. The van der Waals surface area contributed by atoms with E-state index in [-0.39, 0.29) is 30.8 Å². The molecular weight excluding hydrogens is 650 g/mol. The SMILES string of the molecule is Nc1ccc(C=CC(=O)NCc2cc3cc(-c4ccc(C(=O)N5CCC(F)(F)CC5)cc4F)cc(-c4ccc(C(F)(F)F)cc4)c3o2)cn1. The van der Waals surface area contributed by atoms with Crippen molar-refractivity contribution in [2.75, 3.05) is 18.8 Å². The number of amides is 2. The number of hydrogen-bond acceptors (Lipinski definition) is 5. The summed E-state index contributed by atoms with van der Waals surface area (Å²) in [6.07, 6.45) is -1.14. The Morgan fingerprint density at radius 3 is 2.33 bits per heavy atom. The van der Waals surface area contributed by atoms with Crippen molar-refractivity contribution in [2.45, 2.75) is 31.5 Å². The van der Waals surface area contributed by atoms with Crippen LogP contribution in [0.2, 0.25) is 0 Å². The summed E-state index contributed by atoms with van der Waals surface area (Å²) in [7, 11) is 0. The third kappa shape index (κ3) is 7.61. The number of piperidine rings is 1. The highest BCUT2D eigenvalue weighted by atomic mass is 19.4. The van der Waals surface area contributed by atoms with Gasteiger partial charge >= 0.3 is 6.18 Å². The van der Waals surface area contributed by atoms with E-state index in [9.17, 15) is 31.5 Å². The zero-order valence-electron chi connectivity index (χ0n) is 25.7. The number of anilines is 1. The molecule has 6 rings (SSSR count). The van der Waals surface area contributed by atoms with E-state index in [0.717, 1.165) is 18.2 Å². The number of carbonyl (C=O) groups is 2. The number of nitrogen functional groups attached to an aromatic ring is 1. The molecule has 0 radical (unpaired) electrons. The van der Waals surface area contributed by atoms with Crippen molar-refractivity contribution in [2.24, 2.45) is 0 Å². The summed E-state index contributed by atoms with van der Waals surface area (Å²) in [6, 6.07) is 16.3. The highest BCUT2D eigenvalue weighted by Gasteiger charge is 2.36. The summed E-state index contributed by atoms with van der Waals surface area (Å²) in [5.41, 5.74) is 6.83. The number of nitrogens with two attached hydrogens (primary N) is 1.